The Kier molecular flexibility index (Phi) is 3.54. The molecule has 1 aliphatic rings. The van der Waals surface area contributed by atoms with Crippen LogP contribution in [0.5, 0.6) is 0 Å². The first-order valence-corrected chi connectivity index (χ1v) is 8.05. The molecule has 1 aliphatic heterocycles. The van der Waals surface area contributed by atoms with Gasteiger partial charge in [-0.2, -0.15) is 0 Å². The Morgan fingerprint density at radius 1 is 1.17 bits per heavy atom. The zero-order valence-electron chi connectivity index (χ0n) is 13.2. The van der Waals surface area contributed by atoms with Gasteiger partial charge in [-0.1, -0.05) is 18.2 Å². The van der Waals surface area contributed by atoms with Crippen LogP contribution in [0.25, 0.3) is 17.0 Å². The predicted molar refractivity (Wildman–Crippen MR) is 95.9 cm³/mol. The van der Waals surface area contributed by atoms with Crippen molar-refractivity contribution in [3.8, 4) is 0 Å². The molecule has 0 amide bonds. The second-order valence-corrected chi connectivity index (χ2v) is 6.04. The van der Waals surface area contributed by atoms with Gasteiger partial charge in [-0.05, 0) is 49.1 Å². The topological polar surface area (TPSA) is 41.0 Å². The van der Waals surface area contributed by atoms with E-state index in [9.17, 15) is 0 Å². The van der Waals surface area contributed by atoms with Crippen molar-refractivity contribution in [2.24, 2.45) is 4.99 Å². The molecule has 3 heterocycles. The minimum Gasteiger partial charge on any atom is -0.361 e. The number of hydrogen-bond acceptors (Lipinski definition) is 2. The summed E-state index contributed by atoms with van der Waals surface area (Å²) in [5, 5.41) is 1.26. The highest BCUT2D eigenvalue weighted by Gasteiger charge is 2.15. The Labute approximate surface area is 135 Å². The van der Waals surface area contributed by atoms with Gasteiger partial charge in [0.25, 0.3) is 0 Å². The lowest BCUT2D eigenvalue weighted by molar-refractivity contribution is 0.818. The normalized spacial score (nSPS) is 16.7. The van der Waals surface area contributed by atoms with E-state index in [-0.39, 0.29) is 0 Å². The van der Waals surface area contributed by atoms with Crippen LogP contribution in [0.15, 0.2) is 59.5 Å². The molecule has 0 radical (unpaired) electrons. The highest BCUT2D eigenvalue weighted by molar-refractivity contribution is 6.15. The number of para-hydroxylation sites is 1. The fourth-order valence-electron chi connectivity index (χ4n) is 3.18. The Hall–Kier alpha value is -2.68. The average Bonchev–Trinajstić information content (AvgIpc) is 2.99. The average molecular weight is 301 g/mol. The van der Waals surface area contributed by atoms with E-state index in [1.165, 1.54) is 27.6 Å². The highest BCUT2D eigenvalue weighted by atomic mass is 14.8. The summed E-state index contributed by atoms with van der Waals surface area (Å²) in [6.45, 7) is 2.97. The number of nitrogens with one attached hydrogen (secondary N) is 1. The number of fused-ring (bicyclic) bond motifs is 1. The summed E-state index contributed by atoms with van der Waals surface area (Å²) in [5.74, 6) is 0. The summed E-state index contributed by atoms with van der Waals surface area (Å²) in [4.78, 5) is 12.5. The van der Waals surface area contributed by atoms with Crippen LogP contribution in [0.2, 0.25) is 0 Å². The van der Waals surface area contributed by atoms with E-state index in [0.717, 1.165) is 30.7 Å². The molecular weight excluding hydrogens is 282 g/mol. The van der Waals surface area contributed by atoms with Crippen molar-refractivity contribution in [2.75, 3.05) is 6.54 Å². The van der Waals surface area contributed by atoms with Crippen LogP contribution >= 0.6 is 0 Å². The number of aromatic amines is 1. The van der Waals surface area contributed by atoms with Crippen LogP contribution in [0.3, 0.4) is 0 Å². The lowest BCUT2D eigenvalue weighted by Gasteiger charge is -2.16. The number of H-pyrrole nitrogens is 1. The van der Waals surface area contributed by atoms with Crippen LogP contribution < -0.4 is 0 Å². The molecule has 0 fully saturated rings. The van der Waals surface area contributed by atoms with Crippen LogP contribution in [0.1, 0.15) is 29.5 Å². The van der Waals surface area contributed by atoms with Crippen molar-refractivity contribution in [1.29, 1.82) is 0 Å². The Balaban J connectivity index is 1.80. The first-order chi connectivity index (χ1) is 11.3. The smallest absolute Gasteiger partial charge is 0.0694 e. The predicted octanol–water partition coefficient (Wildman–Crippen LogP) is 4.54. The number of allylic oxidation sites excluding steroid dienone is 1. The number of aromatic nitrogens is 2. The van der Waals surface area contributed by atoms with E-state index in [1.807, 2.05) is 12.4 Å². The molecule has 0 saturated heterocycles. The molecule has 3 nitrogen and oxygen atoms in total. The first kappa shape index (κ1) is 13.9. The molecule has 1 N–H and O–H groups in total. The maximum absolute atomic E-state index is 4.78. The highest BCUT2D eigenvalue weighted by Crippen LogP contribution is 2.26. The lowest BCUT2D eigenvalue weighted by Crippen LogP contribution is -2.12. The third-order valence-electron chi connectivity index (χ3n) is 4.28. The molecule has 2 aromatic heterocycles. The summed E-state index contributed by atoms with van der Waals surface area (Å²) in [7, 11) is 0. The number of nitrogens with zero attached hydrogens (tertiary/aromatic N) is 2. The molecule has 0 atom stereocenters. The molecule has 0 saturated carbocycles. The molecule has 3 aromatic rings. The van der Waals surface area contributed by atoms with E-state index in [0.29, 0.717) is 0 Å². The van der Waals surface area contributed by atoms with Crippen molar-refractivity contribution < 1.29 is 0 Å². The third-order valence-corrected chi connectivity index (χ3v) is 4.28. The van der Waals surface area contributed by atoms with E-state index >= 15 is 0 Å². The molecular formula is C20H19N3. The monoisotopic (exact) mass is 301 g/mol. The van der Waals surface area contributed by atoms with Gasteiger partial charge in [0.1, 0.15) is 0 Å². The fourth-order valence-corrected chi connectivity index (χ4v) is 3.18. The van der Waals surface area contributed by atoms with Gasteiger partial charge in [-0.15, -0.1) is 0 Å². The number of aliphatic imine (C=N–C) groups is 1. The maximum atomic E-state index is 4.78. The first-order valence-electron chi connectivity index (χ1n) is 8.05. The molecule has 3 heteroatoms. The SMILES string of the molecule is Cc1cncc(C2=NCCC/C2=C\c2c[nH]c3ccccc23)c1. The van der Waals surface area contributed by atoms with E-state index < -0.39 is 0 Å². The van der Waals surface area contributed by atoms with Crippen molar-refractivity contribution in [2.45, 2.75) is 19.8 Å². The molecule has 0 unspecified atom stereocenters. The molecule has 4 rings (SSSR count). The summed E-state index contributed by atoms with van der Waals surface area (Å²) >= 11 is 0. The van der Waals surface area contributed by atoms with Gasteiger partial charge in [-0.3, -0.25) is 9.98 Å². The molecule has 0 spiro atoms. The number of aryl methyl sites for hydroxylation is 1. The van der Waals surface area contributed by atoms with Crippen LogP contribution in [0, 0.1) is 6.92 Å². The van der Waals surface area contributed by atoms with Crippen molar-refractivity contribution >= 4 is 22.7 Å². The second-order valence-electron chi connectivity index (χ2n) is 6.04. The van der Waals surface area contributed by atoms with Gasteiger partial charge in [0.15, 0.2) is 0 Å². The molecule has 0 bridgehead atoms. The van der Waals surface area contributed by atoms with E-state index in [1.54, 1.807) is 0 Å². The van der Waals surface area contributed by atoms with Crippen LogP contribution in [0.4, 0.5) is 0 Å². The quantitative estimate of drug-likeness (QED) is 0.742. The van der Waals surface area contributed by atoms with Gasteiger partial charge in [0, 0.05) is 47.2 Å². The Bertz CT molecular complexity index is 915. The van der Waals surface area contributed by atoms with Crippen LogP contribution in [-0.2, 0) is 0 Å². The van der Waals surface area contributed by atoms with E-state index in [2.05, 4.69) is 59.5 Å². The molecule has 0 aliphatic carbocycles. The van der Waals surface area contributed by atoms with Gasteiger partial charge in [0.05, 0.1) is 5.71 Å². The van der Waals surface area contributed by atoms with Gasteiger partial charge in [-0.25, -0.2) is 0 Å². The van der Waals surface area contributed by atoms with Gasteiger partial charge >= 0.3 is 0 Å². The Morgan fingerprint density at radius 2 is 2.09 bits per heavy atom. The summed E-state index contributed by atoms with van der Waals surface area (Å²) in [5.41, 5.74) is 7.08. The zero-order valence-corrected chi connectivity index (χ0v) is 13.2. The Morgan fingerprint density at radius 3 is 3.00 bits per heavy atom. The van der Waals surface area contributed by atoms with Crippen molar-refractivity contribution in [1.82, 2.24) is 9.97 Å². The molecule has 23 heavy (non-hydrogen) atoms. The van der Waals surface area contributed by atoms with Crippen molar-refractivity contribution in [3.05, 3.63) is 71.2 Å². The second kappa shape index (κ2) is 5.84. The number of rotatable bonds is 2. The van der Waals surface area contributed by atoms with E-state index in [4.69, 9.17) is 4.99 Å². The third kappa shape index (κ3) is 2.70. The summed E-state index contributed by atoms with van der Waals surface area (Å²) in [6.07, 6.45) is 10.3. The van der Waals surface area contributed by atoms with Gasteiger partial charge < -0.3 is 4.98 Å². The molecule has 1 aromatic carbocycles. The maximum Gasteiger partial charge on any atom is 0.0694 e. The largest absolute Gasteiger partial charge is 0.361 e. The number of pyridine rings is 1. The fraction of sp³-hybridized carbons (Fsp3) is 0.200. The minimum absolute atomic E-state index is 0.897. The number of benzene rings is 1. The molecule has 114 valence electrons. The number of hydrogen-bond donors (Lipinski definition) is 1. The zero-order chi connectivity index (χ0) is 15.6. The minimum atomic E-state index is 0.897. The summed E-state index contributed by atoms with van der Waals surface area (Å²) in [6, 6.07) is 10.6. The standard InChI is InChI=1S/C20H19N3/c1-14-9-17(12-21-11-14)20-15(5-4-8-22-20)10-16-13-23-19-7-3-2-6-18(16)19/h2-3,6-7,9-13,23H,4-5,8H2,1H3/b15-10+. The van der Waals surface area contributed by atoms with Gasteiger partial charge in [0.2, 0.25) is 0 Å². The lowest BCUT2D eigenvalue weighted by atomic mass is 9.94. The van der Waals surface area contributed by atoms with Crippen LogP contribution in [-0.4, -0.2) is 22.2 Å². The summed E-state index contributed by atoms with van der Waals surface area (Å²) < 4.78 is 0. The van der Waals surface area contributed by atoms with Crippen molar-refractivity contribution in [3.63, 3.8) is 0 Å².